The molecule has 146 valence electrons. The number of nitrogens with zero attached hydrogens (tertiary/aromatic N) is 3. The fraction of sp³-hybridized carbons (Fsp3) is 0.588. The number of aromatic nitrogens is 3. The van der Waals surface area contributed by atoms with Gasteiger partial charge in [-0.3, -0.25) is 0 Å². The monoisotopic (exact) mass is 477 g/mol. The van der Waals surface area contributed by atoms with Gasteiger partial charge in [-0.15, -0.1) is 10.2 Å². The van der Waals surface area contributed by atoms with Gasteiger partial charge in [0.1, 0.15) is 10.7 Å². The van der Waals surface area contributed by atoms with Gasteiger partial charge in [0.2, 0.25) is 9.89 Å². The minimum Gasteiger partial charge on any atom is -0.549 e. The summed E-state index contributed by atoms with van der Waals surface area (Å²) in [5.74, 6) is -3.49. The fourth-order valence-electron chi connectivity index (χ4n) is 3.29. The molecule has 2 heterocycles. The molecule has 0 amide bonds. The molecule has 1 saturated carbocycles. The van der Waals surface area contributed by atoms with Gasteiger partial charge in [-0.1, -0.05) is 15.7 Å². The summed E-state index contributed by atoms with van der Waals surface area (Å²) in [5.41, 5.74) is 1.84. The predicted molar refractivity (Wildman–Crippen MR) is 101 cm³/mol. The van der Waals surface area contributed by atoms with Gasteiger partial charge in [0.05, 0.1) is 10.7 Å². The van der Waals surface area contributed by atoms with E-state index in [4.69, 9.17) is 0 Å². The van der Waals surface area contributed by atoms with Gasteiger partial charge in [-0.2, -0.15) is 0 Å². The molecule has 27 heavy (non-hydrogen) atoms. The number of alkyl halides is 2. The van der Waals surface area contributed by atoms with E-state index in [-0.39, 0.29) is 12.8 Å². The summed E-state index contributed by atoms with van der Waals surface area (Å²) in [6.45, 7) is 3.10. The quantitative estimate of drug-likeness (QED) is 0.484. The molecule has 0 N–H and O–H groups in total. The first-order chi connectivity index (χ1) is 12.6. The van der Waals surface area contributed by atoms with Crippen LogP contribution in [0, 0.1) is 0 Å². The molecule has 5 nitrogen and oxygen atoms in total. The lowest BCUT2D eigenvalue weighted by atomic mass is 9.91. The van der Waals surface area contributed by atoms with Gasteiger partial charge in [0.15, 0.2) is 10.3 Å². The lowest BCUT2D eigenvalue weighted by molar-refractivity contribution is -0.308. The van der Waals surface area contributed by atoms with Crippen molar-refractivity contribution in [3.63, 3.8) is 0 Å². The van der Waals surface area contributed by atoms with Gasteiger partial charge in [0, 0.05) is 30.4 Å². The molecule has 0 radical (unpaired) electrons. The number of fused-ring (bicyclic) bond motifs is 1. The Kier molecular flexibility index (Phi) is 4.67. The third-order valence-electron chi connectivity index (χ3n) is 4.94. The van der Waals surface area contributed by atoms with Crippen LogP contribution < -0.4 is 5.11 Å². The van der Waals surface area contributed by atoms with E-state index in [1.807, 2.05) is 3.97 Å². The highest BCUT2D eigenvalue weighted by Gasteiger charge is 2.45. The molecule has 0 spiro atoms. The van der Waals surface area contributed by atoms with E-state index in [0.29, 0.717) is 22.2 Å². The zero-order valence-electron chi connectivity index (χ0n) is 14.8. The molecule has 2 aliphatic carbocycles. The van der Waals surface area contributed by atoms with Crippen molar-refractivity contribution in [2.75, 3.05) is 0 Å². The number of halogens is 3. The highest BCUT2D eigenvalue weighted by atomic mass is 79.9. The average molecular weight is 478 g/mol. The number of carbonyl (C=O) groups excluding carboxylic acids is 1. The van der Waals surface area contributed by atoms with Crippen LogP contribution in [0.4, 0.5) is 8.78 Å². The summed E-state index contributed by atoms with van der Waals surface area (Å²) in [7, 11) is -0.596. The van der Waals surface area contributed by atoms with Crippen molar-refractivity contribution < 1.29 is 18.7 Å². The summed E-state index contributed by atoms with van der Waals surface area (Å²) in [5, 5.41) is 22.1. The lowest BCUT2D eigenvalue weighted by Gasteiger charge is -2.23. The Morgan fingerprint density at radius 3 is 2.78 bits per heavy atom. The third-order valence-corrected chi connectivity index (χ3v) is 9.10. The summed E-state index contributed by atoms with van der Waals surface area (Å²) in [6, 6.07) is 0. The van der Waals surface area contributed by atoms with E-state index < -0.39 is 27.3 Å². The second-order valence-corrected chi connectivity index (χ2v) is 11.6. The number of thioether (sulfide) groups is 1. The predicted octanol–water partition coefficient (Wildman–Crippen LogP) is 3.72. The van der Waals surface area contributed by atoms with E-state index in [2.05, 4.69) is 31.5 Å². The lowest BCUT2D eigenvalue weighted by Crippen LogP contribution is -2.41. The van der Waals surface area contributed by atoms with Gasteiger partial charge < -0.3 is 9.90 Å². The molecule has 4 rings (SSSR count). The van der Waals surface area contributed by atoms with Crippen LogP contribution >= 0.6 is 38.3 Å². The molecule has 1 unspecified atom stereocenters. The van der Waals surface area contributed by atoms with Crippen molar-refractivity contribution in [3.8, 4) is 0 Å². The summed E-state index contributed by atoms with van der Waals surface area (Å²) < 4.78 is 29.2. The zero-order valence-corrected chi connectivity index (χ0v) is 18.0. The van der Waals surface area contributed by atoms with Crippen LogP contribution in [0.15, 0.2) is 15.3 Å². The molecule has 10 heteroatoms. The number of carbonyl (C=O) groups is 1. The van der Waals surface area contributed by atoms with Crippen LogP contribution in [0.25, 0.3) is 0 Å². The largest absolute Gasteiger partial charge is 0.549 e. The first-order valence-corrected chi connectivity index (χ1v) is 11.5. The number of rotatable bonds is 5. The first-order valence-electron chi connectivity index (χ1n) is 8.66. The molecule has 0 saturated heterocycles. The van der Waals surface area contributed by atoms with Crippen molar-refractivity contribution in [3.05, 3.63) is 26.1 Å². The average Bonchev–Trinajstić information content (AvgIpc) is 3.26. The number of carboxylic acid groups (broad SMARTS) is 1. The Morgan fingerprint density at radius 1 is 1.44 bits per heavy atom. The fourth-order valence-corrected chi connectivity index (χ4v) is 7.47. The smallest absolute Gasteiger partial charge is 0.252 e. The summed E-state index contributed by atoms with van der Waals surface area (Å²) >= 11 is 4.46. The Morgan fingerprint density at radius 2 is 2.15 bits per heavy atom. The molecule has 1 fully saturated rings. The standard InChI is InChI=1S/C17H18BrF2N3O2S2/c1-16(2,13(24)25)26-15-22-21-14(18)23(15)27-8-11(9-3-4-9)10-7-17(19,20)6-5-12(10)27/h8-9H,3-7H2,1-2H3. The maximum absolute atomic E-state index is 14.1. The minimum absolute atomic E-state index is 0.159. The minimum atomic E-state index is -2.66. The topological polar surface area (TPSA) is 70.8 Å². The molecular formula is C17H18BrF2N3O2S2. The molecule has 0 bridgehead atoms. The van der Waals surface area contributed by atoms with E-state index in [0.717, 1.165) is 40.6 Å². The summed E-state index contributed by atoms with van der Waals surface area (Å²) in [6.07, 6.45) is 2.04. The molecular weight excluding hydrogens is 460 g/mol. The van der Waals surface area contributed by atoms with Crippen molar-refractivity contribution in [2.45, 2.75) is 67.7 Å². The van der Waals surface area contributed by atoms with E-state index in [1.54, 1.807) is 13.8 Å². The Hall–Kier alpha value is -1.00. The van der Waals surface area contributed by atoms with Crippen molar-refractivity contribution in [2.24, 2.45) is 0 Å². The highest BCUT2D eigenvalue weighted by Crippen LogP contribution is 2.52. The maximum Gasteiger partial charge on any atom is 0.252 e. The van der Waals surface area contributed by atoms with Crippen LogP contribution in [-0.4, -0.2) is 30.8 Å². The SMILES string of the molecule is CC(C)(Sc1nnc(Br)n1-[s+]1cc(C2CC2)c2c1CCC(F)(F)C2)C(=O)[O-]. The molecule has 1 atom stereocenters. The third kappa shape index (κ3) is 3.55. The van der Waals surface area contributed by atoms with Crippen molar-refractivity contribution in [1.82, 2.24) is 14.2 Å². The Bertz CT molecular complexity index is 922. The van der Waals surface area contributed by atoms with Crippen LogP contribution in [0.1, 0.15) is 55.0 Å². The molecule has 0 aliphatic heterocycles. The van der Waals surface area contributed by atoms with E-state index >= 15 is 0 Å². The number of hydrogen-bond acceptors (Lipinski definition) is 5. The second-order valence-electron chi connectivity index (χ2n) is 7.54. The van der Waals surface area contributed by atoms with Crippen LogP contribution in [0.2, 0.25) is 0 Å². The zero-order chi connectivity index (χ0) is 19.6. The van der Waals surface area contributed by atoms with Gasteiger partial charge in [-0.25, -0.2) is 8.78 Å². The second kappa shape index (κ2) is 6.52. The van der Waals surface area contributed by atoms with Crippen molar-refractivity contribution in [1.29, 1.82) is 0 Å². The summed E-state index contributed by atoms with van der Waals surface area (Å²) in [4.78, 5) is 12.4. The number of carboxylic acids is 1. The van der Waals surface area contributed by atoms with Gasteiger partial charge in [-0.05, 0) is 48.5 Å². The van der Waals surface area contributed by atoms with Gasteiger partial charge in [0.25, 0.3) is 5.92 Å². The molecule has 0 aromatic carbocycles. The van der Waals surface area contributed by atoms with Crippen LogP contribution in [0.3, 0.4) is 0 Å². The van der Waals surface area contributed by atoms with Gasteiger partial charge >= 0.3 is 0 Å². The molecule has 2 aliphatic rings. The normalized spacial score (nSPS) is 19.8. The maximum atomic E-state index is 14.1. The van der Waals surface area contributed by atoms with Crippen LogP contribution in [-0.2, 0) is 17.6 Å². The number of hydrogen-bond donors (Lipinski definition) is 0. The molecule has 2 aromatic rings. The van der Waals surface area contributed by atoms with E-state index in [9.17, 15) is 18.7 Å². The Labute approximate surface area is 170 Å². The van der Waals surface area contributed by atoms with Crippen molar-refractivity contribution >= 4 is 44.3 Å². The highest BCUT2D eigenvalue weighted by molar-refractivity contribution is 9.10. The number of aliphatic carboxylic acids is 1. The molecule has 2 aromatic heterocycles. The van der Waals surface area contributed by atoms with E-state index in [1.165, 1.54) is 0 Å². The Balaban J connectivity index is 1.81. The number of thiophene rings is 1. The van der Waals surface area contributed by atoms with Crippen LogP contribution in [0.5, 0.6) is 0 Å². The first kappa shape index (κ1) is 19.3.